The highest BCUT2D eigenvalue weighted by Crippen LogP contribution is 2.52. The summed E-state index contributed by atoms with van der Waals surface area (Å²) in [6, 6.07) is 3.89. The van der Waals surface area contributed by atoms with Crippen LogP contribution in [0.2, 0.25) is 0 Å². The summed E-state index contributed by atoms with van der Waals surface area (Å²) in [6.07, 6.45) is 4.22. The first-order valence-corrected chi connectivity index (χ1v) is 5.75. The van der Waals surface area contributed by atoms with E-state index in [1.807, 2.05) is 12.1 Å². The van der Waals surface area contributed by atoms with Crippen molar-refractivity contribution in [2.45, 2.75) is 25.7 Å². The maximum atomic E-state index is 8.99. The molecule has 0 N–H and O–H groups in total. The molecule has 2 atom stereocenters. The molecule has 0 saturated heterocycles. The number of fused-ring (bicyclic) bond motifs is 5. The van der Waals surface area contributed by atoms with Crippen LogP contribution in [-0.4, -0.2) is 9.97 Å². The van der Waals surface area contributed by atoms with Gasteiger partial charge in [-0.3, -0.25) is 0 Å². The molecule has 1 heterocycles. The van der Waals surface area contributed by atoms with Gasteiger partial charge in [-0.25, -0.2) is 9.97 Å². The Balaban J connectivity index is 2.27. The fourth-order valence-corrected chi connectivity index (χ4v) is 2.80. The first-order chi connectivity index (χ1) is 8.67. The Hall–Kier alpha value is -2.46. The van der Waals surface area contributed by atoms with Crippen LogP contribution in [-0.2, 0) is 0 Å². The number of hydrogen-bond acceptors (Lipinski definition) is 4. The number of rotatable bonds is 0. The lowest BCUT2D eigenvalue weighted by molar-refractivity contribution is 0.937. The van der Waals surface area contributed by atoms with Gasteiger partial charge < -0.3 is 0 Å². The van der Waals surface area contributed by atoms with Crippen molar-refractivity contribution in [1.29, 1.82) is 10.5 Å². The lowest BCUT2D eigenvalue weighted by Gasteiger charge is -2.07. The summed E-state index contributed by atoms with van der Waals surface area (Å²) in [5.74, 6) is 0.282. The number of allylic oxidation sites excluding steroid dienone is 4. The fourth-order valence-electron chi connectivity index (χ4n) is 2.80. The lowest BCUT2D eigenvalue weighted by atomic mass is 9.98. The maximum absolute atomic E-state index is 8.99. The van der Waals surface area contributed by atoms with Gasteiger partial charge in [0.1, 0.15) is 12.1 Å². The minimum Gasteiger partial charge on any atom is -0.236 e. The predicted octanol–water partition coefficient (Wildman–Crippen LogP) is 2.31. The molecule has 0 fully saturated rings. The van der Waals surface area contributed by atoms with Crippen molar-refractivity contribution < 1.29 is 0 Å². The SMILES string of the molecule is CC(C)=C1[C@H]2C=C[C@@H]1c1nc(C#N)c(C#N)nc12. The van der Waals surface area contributed by atoms with Gasteiger partial charge in [-0.2, -0.15) is 10.5 Å². The van der Waals surface area contributed by atoms with Gasteiger partial charge in [0.2, 0.25) is 0 Å². The van der Waals surface area contributed by atoms with E-state index in [2.05, 4.69) is 36.0 Å². The molecule has 18 heavy (non-hydrogen) atoms. The Morgan fingerprint density at radius 2 is 1.44 bits per heavy atom. The van der Waals surface area contributed by atoms with Crippen LogP contribution in [0, 0.1) is 22.7 Å². The molecule has 86 valence electrons. The molecule has 0 unspecified atom stereocenters. The third kappa shape index (κ3) is 1.18. The number of nitrogens with zero attached hydrogens (tertiary/aromatic N) is 4. The normalized spacial score (nSPS) is 22.6. The summed E-state index contributed by atoms with van der Waals surface area (Å²) in [7, 11) is 0. The van der Waals surface area contributed by atoms with E-state index in [0.29, 0.717) is 0 Å². The van der Waals surface area contributed by atoms with Crippen molar-refractivity contribution in [1.82, 2.24) is 9.97 Å². The number of aromatic nitrogens is 2. The minimum absolute atomic E-state index is 0.130. The molecule has 2 aliphatic rings. The Labute approximate surface area is 105 Å². The highest BCUT2D eigenvalue weighted by Gasteiger charge is 2.41. The monoisotopic (exact) mass is 234 g/mol. The zero-order valence-electron chi connectivity index (χ0n) is 10.1. The molecule has 0 saturated carbocycles. The highest BCUT2D eigenvalue weighted by atomic mass is 14.9. The first-order valence-electron chi connectivity index (χ1n) is 5.75. The van der Waals surface area contributed by atoms with Gasteiger partial charge in [0.05, 0.1) is 11.4 Å². The fraction of sp³-hybridized carbons (Fsp3) is 0.286. The van der Waals surface area contributed by atoms with Crippen molar-refractivity contribution in [3.8, 4) is 12.1 Å². The first kappa shape index (κ1) is 10.7. The molecule has 1 aromatic heterocycles. The van der Waals surface area contributed by atoms with E-state index in [9.17, 15) is 0 Å². The molecule has 2 bridgehead atoms. The summed E-state index contributed by atoms with van der Waals surface area (Å²) >= 11 is 0. The van der Waals surface area contributed by atoms with Crippen LogP contribution >= 0.6 is 0 Å². The van der Waals surface area contributed by atoms with E-state index in [1.165, 1.54) is 11.1 Å². The second kappa shape index (κ2) is 3.51. The van der Waals surface area contributed by atoms with Crippen LogP contribution in [0.3, 0.4) is 0 Å². The summed E-state index contributed by atoms with van der Waals surface area (Å²) in [4.78, 5) is 8.65. The average Bonchev–Trinajstić information content (AvgIpc) is 2.93. The van der Waals surface area contributed by atoms with Gasteiger partial charge in [0, 0.05) is 11.8 Å². The van der Waals surface area contributed by atoms with Crippen LogP contribution in [0.5, 0.6) is 0 Å². The van der Waals surface area contributed by atoms with E-state index in [-0.39, 0.29) is 23.2 Å². The van der Waals surface area contributed by atoms with Crippen molar-refractivity contribution in [3.63, 3.8) is 0 Å². The zero-order valence-corrected chi connectivity index (χ0v) is 10.1. The van der Waals surface area contributed by atoms with Crippen molar-refractivity contribution in [3.05, 3.63) is 46.1 Å². The summed E-state index contributed by atoms with van der Waals surface area (Å²) in [6.45, 7) is 4.15. The molecule has 0 aliphatic heterocycles. The molecular formula is C14H10N4. The quantitative estimate of drug-likeness (QED) is 0.645. The van der Waals surface area contributed by atoms with Crippen LogP contribution in [0.4, 0.5) is 0 Å². The van der Waals surface area contributed by atoms with Crippen LogP contribution in [0.1, 0.15) is 48.5 Å². The Morgan fingerprint density at radius 3 is 1.78 bits per heavy atom. The molecule has 0 aromatic carbocycles. The van der Waals surface area contributed by atoms with Crippen LogP contribution in [0.25, 0.3) is 0 Å². The van der Waals surface area contributed by atoms with Crippen LogP contribution < -0.4 is 0 Å². The van der Waals surface area contributed by atoms with Gasteiger partial charge >= 0.3 is 0 Å². The Morgan fingerprint density at radius 1 is 1.00 bits per heavy atom. The molecule has 4 heteroatoms. The van der Waals surface area contributed by atoms with E-state index >= 15 is 0 Å². The lowest BCUT2D eigenvalue weighted by Crippen LogP contribution is -2.05. The number of nitriles is 2. The molecule has 0 spiro atoms. The smallest absolute Gasteiger partial charge is 0.177 e. The molecular weight excluding hydrogens is 224 g/mol. The highest BCUT2D eigenvalue weighted by molar-refractivity contribution is 5.57. The largest absolute Gasteiger partial charge is 0.236 e. The summed E-state index contributed by atoms with van der Waals surface area (Å²) in [5, 5.41) is 18.0. The van der Waals surface area contributed by atoms with Gasteiger partial charge in [0.25, 0.3) is 0 Å². The second-order valence-corrected chi connectivity index (χ2v) is 4.71. The minimum atomic E-state index is 0.130. The standard InChI is InChI=1S/C14H10N4/c1-7(2)12-8-3-4-9(12)14-13(8)17-10(5-15)11(6-16)18-14/h3-4,8-9H,1-2H3/t8-,9+. The predicted molar refractivity (Wildman–Crippen MR) is 64.5 cm³/mol. The third-order valence-electron chi connectivity index (χ3n) is 3.50. The molecule has 3 rings (SSSR count). The average molecular weight is 234 g/mol. The van der Waals surface area contributed by atoms with Gasteiger partial charge in [-0.15, -0.1) is 0 Å². The number of hydrogen-bond donors (Lipinski definition) is 0. The second-order valence-electron chi connectivity index (χ2n) is 4.71. The van der Waals surface area contributed by atoms with E-state index < -0.39 is 0 Å². The molecule has 1 aromatic rings. The van der Waals surface area contributed by atoms with Crippen molar-refractivity contribution in [2.75, 3.05) is 0 Å². The molecule has 0 amide bonds. The van der Waals surface area contributed by atoms with Crippen LogP contribution in [0.15, 0.2) is 23.3 Å². The van der Waals surface area contributed by atoms with E-state index in [4.69, 9.17) is 10.5 Å². The van der Waals surface area contributed by atoms with Crippen molar-refractivity contribution >= 4 is 0 Å². The van der Waals surface area contributed by atoms with Gasteiger partial charge in [-0.05, 0) is 19.4 Å². The maximum Gasteiger partial charge on any atom is 0.177 e. The van der Waals surface area contributed by atoms with Crippen molar-refractivity contribution in [2.24, 2.45) is 0 Å². The topological polar surface area (TPSA) is 73.4 Å². The van der Waals surface area contributed by atoms with Gasteiger partial charge in [0.15, 0.2) is 11.4 Å². The summed E-state index contributed by atoms with van der Waals surface area (Å²) < 4.78 is 0. The Bertz CT molecular complexity index is 641. The molecule has 4 nitrogen and oxygen atoms in total. The molecule has 0 radical (unpaired) electrons. The Kier molecular flexibility index (Phi) is 2.09. The van der Waals surface area contributed by atoms with E-state index in [0.717, 1.165) is 11.4 Å². The third-order valence-corrected chi connectivity index (χ3v) is 3.50. The zero-order chi connectivity index (χ0) is 12.9. The van der Waals surface area contributed by atoms with E-state index in [1.54, 1.807) is 0 Å². The summed E-state index contributed by atoms with van der Waals surface area (Å²) in [5.41, 5.74) is 4.50. The molecule has 2 aliphatic carbocycles. The van der Waals surface area contributed by atoms with Gasteiger partial charge in [-0.1, -0.05) is 17.7 Å².